The Bertz CT molecular complexity index is 730. The summed E-state index contributed by atoms with van der Waals surface area (Å²) < 4.78 is 39.5. The van der Waals surface area contributed by atoms with Gasteiger partial charge in [-0.25, -0.2) is 17.5 Å². The number of rotatable bonds is 5. The van der Waals surface area contributed by atoms with Gasteiger partial charge in [-0.2, -0.15) is 5.10 Å². The third-order valence-corrected chi connectivity index (χ3v) is 3.85. The number of nitrogens with zero attached hydrogens (tertiary/aromatic N) is 2. The first kappa shape index (κ1) is 14.1. The van der Waals surface area contributed by atoms with E-state index in [-0.39, 0.29) is 6.54 Å². The summed E-state index contributed by atoms with van der Waals surface area (Å²) >= 11 is 0. The Morgan fingerprint density at radius 3 is 2.80 bits per heavy atom. The van der Waals surface area contributed by atoms with Gasteiger partial charge in [0.1, 0.15) is 10.7 Å². The van der Waals surface area contributed by atoms with Crippen molar-refractivity contribution in [3.63, 3.8) is 0 Å². The maximum Gasteiger partial charge on any atom is 0.270 e. The van der Waals surface area contributed by atoms with Crippen molar-refractivity contribution in [2.24, 2.45) is 0 Å². The van der Waals surface area contributed by atoms with E-state index in [4.69, 9.17) is 0 Å². The van der Waals surface area contributed by atoms with Crippen molar-refractivity contribution in [1.82, 2.24) is 14.9 Å². The highest BCUT2D eigenvalue weighted by atomic mass is 32.2. The van der Waals surface area contributed by atoms with Crippen LogP contribution in [0.4, 0.5) is 10.1 Å². The van der Waals surface area contributed by atoms with Crippen molar-refractivity contribution in [2.45, 2.75) is 11.4 Å². The Morgan fingerprint density at radius 1 is 1.45 bits per heavy atom. The topological polar surface area (TPSA) is 118 Å². The number of aromatic amines is 1. The number of hydrogen-bond donors (Lipinski definition) is 2. The van der Waals surface area contributed by atoms with Crippen LogP contribution < -0.4 is 4.72 Å². The molecule has 0 spiro atoms. The average molecular weight is 300 g/mol. The second-order valence-electron chi connectivity index (χ2n) is 3.80. The van der Waals surface area contributed by atoms with Crippen LogP contribution in [0.15, 0.2) is 35.5 Å². The number of H-pyrrole nitrogens is 1. The van der Waals surface area contributed by atoms with E-state index in [1.54, 1.807) is 0 Å². The molecule has 1 aromatic carbocycles. The molecule has 1 aromatic heterocycles. The van der Waals surface area contributed by atoms with Crippen LogP contribution in [0.3, 0.4) is 0 Å². The van der Waals surface area contributed by atoms with Gasteiger partial charge in [0.15, 0.2) is 0 Å². The number of aromatic nitrogens is 2. The Balaban J connectivity index is 2.28. The number of non-ortho nitro benzene ring substituents is 1. The summed E-state index contributed by atoms with van der Waals surface area (Å²) in [5, 5.41) is 16.7. The Labute approximate surface area is 112 Å². The van der Waals surface area contributed by atoms with E-state index >= 15 is 0 Å². The van der Waals surface area contributed by atoms with Crippen LogP contribution in [0, 0.1) is 15.9 Å². The van der Waals surface area contributed by atoms with E-state index in [0.717, 1.165) is 12.1 Å². The molecule has 2 N–H and O–H groups in total. The van der Waals surface area contributed by atoms with Gasteiger partial charge in [-0.05, 0) is 6.07 Å². The smallest absolute Gasteiger partial charge is 0.270 e. The summed E-state index contributed by atoms with van der Waals surface area (Å²) in [6.45, 7) is -0.110. The third-order valence-electron chi connectivity index (χ3n) is 2.44. The van der Waals surface area contributed by atoms with Gasteiger partial charge in [-0.15, -0.1) is 0 Å². The van der Waals surface area contributed by atoms with Crippen molar-refractivity contribution in [1.29, 1.82) is 0 Å². The molecule has 0 unspecified atom stereocenters. The van der Waals surface area contributed by atoms with Crippen LogP contribution >= 0.6 is 0 Å². The molecule has 0 aliphatic heterocycles. The zero-order valence-electron chi connectivity index (χ0n) is 9.91. The zero-order chi connectivity index (χ0) is 14.8. The van der Waals surface area contributed by atoms with Crippen molar-refractivity contribution >= 4 is 15.7 Å². The van der Waals surface area contributed by atoms with E-state index in [1.165, 1.54) is 12.4 Å². The fourth-order valence-electron chi connectivity index (χ4n) is 1.44. The van der Waals surface area contributed by atoms with Gasteiger partial charge >= 0.3 is 0 Å². The monoisotopic (exact) mass is 300 g/mol. The zero-order valence-corrected chi connectivity index (χ0v) is 10.7. The molecule has 0 amide bonds. The second-order valence-corrected chi connectivity index (χ2v) is 5.54. The van der Waals surface area contributed by atoms with Gasteiger partial charge in [-0.3, -0.25) is 15.2 Å². The summed E-state index contributed by atoms with van der Waals surface area (Å²) in [7, 11) is -4.19. The Kier molecular flexibility index (Phi) is 3.77. The molecule has 2 rings (SSSR count). The normalized spacial score (nSPS) is 11.4. The molecule has 0 fully saturated rings. The minimum Gasteiger partial charge on any atom is -0.285 e. The van der Waals surface area contributed by atoms with Gasteiger partial charge in [0.05, 0.1) is 11.1 Å². The van der Waals surface area contributed by atoms with Crippen LogP contribution in [-0.2, 0) is 16.6 Å². The molecule has 2 aromatic rings. The van der Waals surface area contributed by atoms with Crippen LogP contribution in [0.1, 0.15) is 5.56 Å². The van der Waals surface area contributed by atoms with E-state index in [1.807, 2.05) is 0 Å². The fraction of sp³-hybridized carbons (Fsp3) is 0.100. The number of nitro benzene ring substituents is 1. The molecule has 8 nitrogen and oxygen atoms in total. The lowest BCUT2D eigenvalue weighted by atomic mass is 10.3. The van der Waals surface area contributed by atoms with Gasteiger partial charge in [0.25, 0.3) is 5.69 Å². The molecular weight excluding hydrogens is 291 g/mol. The minimum absolute atomic E-state index is 0.110. The lowest BCUT2D eigenvalue weighted by Crippen LogP contribution is -2.24. The van der Waals surface area contributed by atoms with Crippen LogP contribution in [0.5, 0.6) is 0 Å². The highest BCUT2D eigenvalue weighted by molar-refractivity contribution is 7.89. The highest BCUT2D eigenvalue weighted by Gasteiger charge is 2.22. The van der Waals surface area contributed by atoms with E-state index in [9.17, 15) is 22.9 Å². The van der Waals surface area contributed by atoms with E-state index < -0.39 is 31.3 Å². The minimum atomic E-state index is -4.19. The molecule has 0 aliphatic rings. The molecule has 0 saturated heterocycles. The Morgan fingerprint density at radius 2 is 2.20 bits per heavy atom. The number of nitro groups is 1. The summed E-state index contributed by atoms with van der Waals surface area (Å²) in [5.74, 6) is -1.06. The maximum atomic E-state index is 13.5. The van der Waals surface area contributed by atoms with Gasteiger partial charge in [0, 0.05) is 30.4 Å². The fourth-order valence-corrected chi connectivity index (χ4v) is 2.55. The largest absolute Gasteiger partial charge is 0.285 e. The first-order valence-electron chi connectivity index (χ1n) is 5.31. The second kappa shape index (κ2) is 5.35. The number of halogens is 1. The highest BCUT2D eigenvalue weighted by Crippen LogP contribution is 2.21. The molecule has 20 heavy (non-hydrogen) atoms. The first-order chi connectivity index (χ1) is 9.40. The number of benzene rings is 1. The lowest BCUT2D eigenvalue weighted by Gasteiger charge is -2.06. The quantitative estimate of drug-likeness (QED) is 0.629. The first-order valence-corrected chi connectivity index (χ1v) is 6.80. The molecule has 0 bridgehead atoms. The van der Waals surface area contributed by atoms with Crippen molar-refractivity contribution in [3.8, 4) is 0 Å². The predicted octanol–water partition coefficient (Wildman–Crippen LogP) is 0.936. The third kappa shape index (κ3) is 2.97. The SMILES string of the molecule is O=[N+]([O-])c1ccc(F)c(S(=O)(=O)NCc2cn[nH]c2)c1. The van der Waals surface area contributed by atoms with Crippen LogP contribution in [-0.4, -0.2) is 23.5 Å². The van der Waals surface area contributed by atoms with E-state index in [2.05, 4.69) is 14.9 Å². The molecular formula is C10H9FN4O4S. The van der Waals surface area contributed by atoms with Crippen LogP contribution in [0.2, 0.25) is 0 Å². The van der Waals surface area contributed by atoms with Crippen LogP contribution in [0.25, 0.3) is 0 Å². The average Bonchev–Trinajstić information content (AvgIpc) is 2.89. The Hall–Kier alpha value is -2.33. The van der Waals surface area contributed by atoms with Gasteiger partial charge < -0.3 is 0 Å². The molecule has 0 aliphatic carbocycles. The van der Waals surface area contributed by atoms with Gasteiger partial charge in [-0.1, -0.05) is 0 Å². The molecule has 0 atom stereocenters. The maximum absolute atomic E-state index is 13.5. The van der Waals surface area contributed by atoms with Crippen molar-refractivity contribution < 1.29 is 17.7 Å². The number of sulfonamides is 1. The molecule has 0 radical (unpaired) electrons. The number of nitrogens with one attached hydrogen (secondary N) is 2. The summed E-state index contributed by atoms with van der Waals surface area (Å²) in [6, 6.07) is 2.31. The standard InChI is InChI=1S/C10H9FN4O4S/c11-9-2-1-8(15(16)17)3-10(9)20(18,19)14-6-7-4-12-13-5-7/h1-5,14H,6H2,(H,12,13). The molecule has 0 saturated carbocycles. The summed E-state index contributed by atoms with van der Waals surface area (Å²) in [5.41, 5.74) is 0.0366. The summed E-state index contributed by atoms with van der Waals surface area (Å²) in [4.78, 5) is 9.03. The predicted molar refractivity (Wildman–Crippen MR) is 65.7 cm³/mol. The van der Waals surface area contributed by atoms with Gasteiger partial charge in [0.2, 0.25) is 10.0 Å². The van der Waals surface area contributed by atoms with E-state index in [0.29, 0.717) is 11.6 Å². The lowest BCUT2D eigenvalue weighted by molar-refractivity contribution is -0.385. The molecule has 1 heterocycles. The van der Waals surface area contributed by atoms with Crippen molar-refractivity contribution in [3.05, 3.63) is 52.1 Å². The molecule has 10 heteroatoms. The summed E-state index contributed by atoms with van der Waals surface area (Å²) in [6.07, 6.45) is 2.86. The molecule has 106 valence electrons. The van der Waals surface area contributed by atoms with Crippen molar-refractivity contribution in [2.75, 3.05) is 0 Å². The number of hydrogen-bond acceptors (Lipinski definition) is 5.